The minimum Gasteiger partial charge on any atom is -0.497 e. The normalized spacial score (nSPS) is 20.5. The highest BCUT2D eigenvalue weighted by Crippen LogP contribution is 2.41. The van der Waals surface area contributed by atoms with Crippen LogP contribution in [0.3, 0.4) is 0 Å². The van der Waals surface area contributed by atoms with Crippen molar-refractivity contribution in [1.82, 2.24) is 5.32 Å². The van der Waals surface area contributed by atoms with Crippen LogP contribution in [0.2, 0.25) is 5.02 Å². The number of ether oxygens (including phenoxy) is 2. The zero-order chi connectivity index (χ0) is 14.8. The highest BCUT2D eigenvalue weighted by Gasteiger charge is 2.28. The van der Waals surface area contributed by atoms with Crippen LogP contribution in [0.25, 0.3) is 0 Å². The molecule has 1 aliphatic heterocycles. The first-order valence-electron chi connectivity index (χ1n) is 6.98. The maximum atomic E-state index is 6.14. The first-order valence-corrected chi connectivity index (χ1v) is 7.36. The second kappa shape index (κ2) is 5.96. The maximum Gasteiger partial charge on any atom is 0.126 e. The van der Waals surface area contributed by atoms with Gasteiger partial charge in [-0.1, -0.05) is 23.7 Å². The molecule has 2 unspecified atom stereocenters. The molecule has 1 N–H and O–H groups in total. The van der Waals surface area contributed by atoms with E-state index >= 15 is 0 Å². The van der Waals surface area contributed by atoms with E-state index in [-0.39, 0.29) is 12.1 Å². The summed E-state index contributed by atoms with van der Waals surface area (Å²) in [6.07, 6.45) is 0.901. The quantitative estimate of drug-likeness (QED) is 0.924. The Hall–Kier alpha value is -1.71. The van der Waals surface area contributed by atoms with Crippen LogP contribution in [-0.2, 0) is 0 Å². The van der Waals surface area contributed by atoms with Crippen molar-refractivity contribution in [3.05, 3.63) is 58.6 Å². The van der Waals surface area contributed by atoms with E-state index in [1.165, 1.54) is 0 Å². The van der Waals surface area contributed by atoms with Gasteiger partial charge in [-0.2, -0.15) is 0 Å². The van der Waals surface area contributed by atoms with E-state index in [1.54, 1.807) is 7.11 Å². The standard InChI is InChI=1S/C17H18ClNO2/c1-19-15-10-17(11-3-6-13(20-2)7-4-11)21-16-8-5-12(18)9-14(15)16/h3-9,15,17,19H,10H2,1-2H3. The van der Waals surface area contributed by atoms with Gasteiger partial charge >= 0.3 is 0 Å². The zero-order valence-corrected chi connectivity index (χ0v) is 12.9. The molecule has 21 heavy (non-hydrogen) atoms. The van der Waals surface area contributed by atoms with Crippen LogP contribution >= 0.6 is 11.6 Å². The van der Waals surface area contributed by atoms with Crippen molar-refractivity contribution >= 4 is 11.6 Å². The van der Waals surface area contributed by atoms with Crippen LogP contribution in [0.4, 0.5) is 0 Å². The molecule has 2 aromatic carbocycles. The largest absolute Gasteiger partial charge is 0.497 e. The van der Waals surface area contributed by atoms with Crippen molar-refractivity contribution in [1.29, 1.82) is 0 Å². The third kappa shape index (κ3) is 2.85. The van der Waals surface area contributed by atoms with Gasteiger partial charge in [0, 0.05) is 23.0 Å². The van der Waals surface area contributed by atoms with Gasteiger partial charge < -0.3 is 14.8 Å². The van der Waals surface area contributed by atoms with E-state index in [0.29, 0.717) is 0 Å². The lowest BCUT2D eigenvalue weighted by atomic mass is 9.93. The summed E-state index contributed by atoms with van der Waals surface area (Å²) in [6.45, 7) is 0. The number of halogens is 1. The molecule has 0 aromatic heterocycles. The van der Waals surface area contributed by atoms with E-state index in [9.17, 15) is 0 Å². The minimum absolute atomic E-state index is 0.0297. The van der Waals surface area contributed by atoms with E-state index in [0.717, 1.165) is 34.1 Å². The second-order valence-corrected chi connectivity index (χ2v) is 5.58. The van der Waals surface area contributed by atoms with Gasteiger partial charge in [0.05, 0.1) is 7.11 Å². The maximum absolute atomic E-state index is 6.14. The van der Waals surface area contributed by atoms with Crippen molar-refractivity contribution in [3.8, 4) is 11.5 Å². The molecule has 0 fully saturated rings. The molecule has 0 amide bonds. The molecule has 2 aromatic rings. The number of fused-ring (bicyclic) bond motifs is 1. The lowest BCUT2D eigenvalue weighted by molar-refractivity contribution is 0.154. The first kappa shape index (κ1) is 14.2. The Balaban J connectivity index is 1.90. The molecule has 0 radical (unpaired) electrons. The van der Waals surface area contributed by atoms with E-state index in [1.807, 2.05) is 37.4 Å². The molecule has 3 nitrogen and oxygen atoms in total. The highest BCUT2D eigenvalue weighted by atomic mass is 35.5. The summed E-state index contributed by atoms with van der Waals surface area (Å²) < 4.78 is 11.3. The molecule has 0 spiro atoms. The summed E-state index contributed by atoms with van der Waals surface area (Å²) in [5, 5.41) is 4.08. The zero-order valence-electron chi connectivity index (χ0n) is 12.1. The summed E-state index contributed by atoms with van der Waals surface area (Å²) in [5.74, 6) is 1.75. The Labute approximate surface area is 129 Å². The number of nitrogens with one attached hydrogen (secondary N) is 1. The van der Waals surface area contributed by atoms with Crippen molar-refractivity contribution in [2.45, 2.75) is 18.6 Å². The fraction of sp³-hybridized carbons (Fsp3) is 0.294. The van der Waals surface area contributed by atoms with Crippen molar-refractivity contribution in [3.63, 3.8) is 0 Å². The topological polar surface area (TPSA) is 30.5 Å². The number of hydrogen-bond donors (Lipinski definition) is 1. The molecule has 110 valence electrons. The Morgan fingerprint density at radius 1 is 1.19 bits per heavy atom. The third-order valence-corrected chi connectivity index (χ3v) is 4.14. The first-order chi connectivity index (χ1) is 10.2. The molecule has 1 aliphatic rings. The van der Waals surface area contributed by atoms with Crippen molar-refractivity contribution in [2.75, 3.05) is 14.2 Å². The molecule has 4 heteroatoms. The summed E-state index contributed by atoms with van der Waals surface area (Å²) in [7, 11) is 3.63. The summed E-state index contributed by atoms with van der Waals surface area (Å²) in [5.41, 5.74) is 2.27. The Morgan fingerprint density at radius 2 is 1.95 bits per heavy atom. The average molecular weight is 304 g/mol. The van der Waals surface area contributed by atoms with Gasteiger partial charge in [-0.05, 0) is 42.9 Å². The van der Waals surface area contributed by atoms with Gasteiger partial charge in [0.2, 0.25) is 0 Å². The molecule has 0 saturated heterocycles. The monoisotopic (exact) mass is 303 g/mol. The highest BCUT2D eigenvalue weighted by molar-refractivity contribution is 6.30. The molecule has 2 atom stereocenters. The molecule has 1 heterocycles. The summed E-state index contributed by atoms with van der Waals surface area (Å²) in [6, 6.07) is 14.0. The van der Waals surface area contributed by atoms with E-state index in [4.69, 9.17) is 21.1 Å². The predicted molar refractivity (Wildman–Crippen MR) is 84.2 cm³/mol. The summed E-state index contributed by atoms with van der Waals surface area (Å²) in [4.78, 5) is 0. The Kier molecular flexibility index (Phi) is 4.04. The van der Waals surface area contributed by atoms with Crippen LogP contribution in [0.1, 0.15) is 29.7 Å². The predicted octanol–water partition coefficient (Wildman–Crippen LogP) is 4.13. The van der Waals surface area contributed by atoms with Gasteiger partial charge in [-0.3, -0.25) is 0 Å². The van der Waals surface area contributed by atoms with Crippen LogP contribution in [0.5, 0.6) is 11.5 Å². The average Bonchev–Trinajstić information content (AvgIpc) is 2.54. The molecule has 3 rings (SSSR count). The van der Waals surface area contributed by atoms with E-state index < -0.39 is 0 Å². The van der Waals surface area contributed by atoms with Crippen LogP contribution in [0, 0.1) is 0 Å². The molecular formula is C17H18ClNO2. The molecule has 0 saturated carbocycles. The fourth-order valence-corrected chi connectivity index (χ4v) is 2.92. The van der Waals surface area contributed by atoms with Crippen molar-refractivity contribution in [2.24, 2.45) is 0 Å². The van der Waals surface area contributed by atoms with Gasteiger partial charge in [-0.25, -0.2) is 0 Å². The SMILES string of the molecule is CNC1CC(c2ccc(OC)cc2)Oc2ccc(Cl)cc21. The van der Waals surface area contributed by atoms with Crippen molar-refractivity contribution < 1.29 is 9.47 Å². The second-order valence-electron chi connectivity index (χ2n) is 5.14. The lowest BCUT2D eigenvalue weighted by Crippen LogP contribution is -2.26. The lowest BCUT2D eigenvalue weighted by Gasteiger charge is -2.32. The van der Waals surface area contributed by atoms with Gasteiger partial charge in [0.15, 0.2) is 0 Å². The Morgan fingerprint density at radius 3 is 2.62 bits per heavy atom. The van der Waals surface area contributed by atoms with Crippen LogP contribution in [-0.4, -0.2) is 14.2 Å². The van der Waals surface area contributed by atoms with Gasteiger partial charge in [0.25, 0.3) is 0 Å². The van der Waals surface area contributed by atoms with E-state index in [2.05, 4.69) is 17.4 Å². The molecular weight excluding hydrogens is 286 g/mol. The number of methoxy groups -OCH3 is 1. The number of rotatable bonds is 3. The number of benzene rings is 2. The third-order valence-electron chi connectivity index (χ3n) is 3.90. The van der Waals surface area contributed by atoms with Gasteiger partial charge in [0.1, 0.15) is 17.6 Å². The summed E-state index contributed by atoms with van der Waals surface area (Å²) >= 11 is 6.09. The molecule has 0 aliphatic carbocycles. The number of hydrogen-bond acceptors (Lipinski definition) is 3. The fourth-order valence-electron chi connectivity index (χ4n) is 2.74. The molecule has 0 bridgehead atoms. The van der Waals surface area contributed by atoms with Crippen LogP contribution in [0.15, 0.2) is 42.5 Å². The smallest absolute Gasteiger partial charge is 0.126 e. The minimum atomic E-state index is 0.0297. The van der Waals surface area contributed by atoms with Gasteiger partial charge in [-0.15, -0.1) is 0 Å². The Bertz CT molecular complexity index is 627. The van der Waals surface area contributed by atoms with Crippen LogP contribution < -0.4 is 14.8 Å².